The standard InChI is InChI=1S/C17H29NO2/c1-2-7-17(10-5-11-18-17)15(19)14-6-12-20-16(13-14)8-3-4-9-16/h14,18H,2-13H2,1H3. The minimum Gasteiger partial charge on any atom is -0.375 e. The Labute approximate surface area is 122 Å². The molecule has 1 aliphatic carbocycles. The van der Waals surface area contributed by atoms with E-state index in [1.54, 1.807) is 0 Å². The van der Waals surface area contributed by atoms with Crippen LogP contribution in [0.15, 0.2) is 0 Å². The fraction of sp³-hybridized carbons (Fsp3) is 0.941. The van der Waals surface area contributed by atoms with Crippen molar-refractivity contribution < 1.29 is 9.53 Å². The fourth-order valence-corrected chi connectivity index (χ4v) is 4.79. The summed E-state index contributed by atoms with van der Waals surface area (Å²) < 4.78 is 6.09. The SMILES string of the molecule is CCCC1(C(=O)C2CCOC3(CCCC3)C2)CCCN1. The summed E-state index contributed by atoms with van der Waals surface area (Å²) in [6, 6.07) is 0. The van der Waals surface area contributed by atoms with Crippen LogP contribution in [0.25, 0.3) is 0 Å². The van der Waals surface area contributed by atoms with E-state index in [-0.39, 0.29) is 17.1 Å². The number of ether oxygens (including phenoxy) is 1. The van der Waals surface area contributed by atoms with Gasteiger partial charge in [0, 0.05) is 12.5 Å². The molecule has 1 spiro atoms. The predicted octanol–water partition coefficient (Wildman–Crippen LogP) is 3.22. The van der Waals surface area contributed by atoms with Crippen LogP contribution in [0.1, 0.15) is 71.1 Å². The van der Waals surface area contributed by atoms with Gasteiger partial charge in [-0.2, -0.15) is 0 Å². The van der Waals surface area contributed by atoms with E-state index in [4.69, 9.17) is 4.74 Å². The van der Waals surface area contributed by atoms with Crippen molar-refractivity contribution in [3.8, 4) is 0 Å². The highest BCUT2D eigenvalue weighted by Crippen LogP contribution is 2.44. The van der Waals surface area contributed by atoms with Crippen LogP contribution in [0.3, 0.4) is 0 Å². The van der Waals surface area contributed by atoms with Gasteiger partial charge in [0.05, 0.1) is 11.1 Å². The summed E-state index contributed by atoms with van der Waals surface area (Å²) in [5.74, 6) is 0.741. The first kappa shape index (κ1) is 14.5. The zero-order valence-electron chi connectivity index (χ0n) is 12.9. The first-order valence-corrected chi connectivity index (χ1v) is 8.63. The van der Waals surface area contributed by atoms with Crippen molar-refractivity contribution in [3.63, 3.8) is 0 Å². The number of nitrogens with one attached hydrogen (secondary N) is 1. The van der Waals surface area contributed by atoms with Gasteiger partial charge in [0.2, 0.25) is 0 Å². The second-order valence-electron chi connectivity index (χ2n) is 7.15. The van der Waals surface area contributed by atoms with Gasteiger partial charge in [-0.1, -0.05) is 26.2 Å². The molecule has 1 saturated carbocycles. The molecular formula is C17H29NO2. The van der Waals surface area contributed by atoms with Gasteiger partial charge >= 0.3 is 0 Å². The summed E-state index contributed by atoms with van der Waals surface area (Å²) in [6.45, 7) is 4.00. The van der Waals surface area contributed by atoms with Gasteiger partial charge in [-0.25, -0.2) is 0 Å². The zero-order chi connectivity index (χ0) is 14.1. The lowest BCUT2D eigenvalue weighted by Crippen LogP contribution is -2.53. The number of carbonyl (C=O) groups excluding carboxylic acids is 1. The first-order chi connectivity index (χ1) is 9.70. The van der Waals surface area contributed by atoms with Crippen molar-refractivity contribution in [1.29, 1.82) is 0 Å². The van der Waals surface area contributed by atoms with Crippen LogP contribution >= 0.6 is 0 Å². The second kappa shape index (κ2) is 5.76. The van der Waals surface area contributed by atoms with Crippen molar-refractivity contribution >= 4 is 5.78 Å². The van der Waals surface area contributed by atoms with Crippen LogP contribution in [0.2, 0.25) is 0 Å². The number of rotatable bonds is 4. The van der Waals surface area contributed by atoms with Crippen LogP contribution in [0.4, 0.5) is 0 Å². The van der Waals surface area contributed by atoms with Crippen LogP contribution in [0.5, 0.6) is 0 Å². The maximum Gasteiger partial charge on any atom is 0.156 e. The topological polar surface area (TPSA) is 38.3 Å². The molecule has 20 heavy (non-hydrogen) atoms. The van der Waals surface area contributed by atoms with Gasteiger partial charge in [0.25, 0.3) is 0 Å². The summed E-state index contributed by atoms with van der Waals surface area (Å²) in [5, 5.41) is 3.56. The molecule has 2 heterocycles. The monoisotopic (exact) mass is 279 g/mol. The number of Topliss-reactive ketones (excluding diaryl/α,β-unsaturated/α-hetero) is 1. The summed E-state index contributed by atoms with van der Waals surface area (Å²) >= 11 is 0. The molecule has 0 bridgehead atoms. The minimum absolute atomic E-state index is 0.0601. The number of carbonyl (C=O) groups is 1. The highest BCUT2D eigenvalue weighted by molar-refractivity contribution is 5.91. The van der Waals surface area contributed by atoms with Crippen molar-refractivity contribution in [2.24, 2.45) is 5.92 Å². The molecule has 2 atom stereocenters. The van der Waals surface area contributed by atoms with E-state index in [9.17, 15) is 4.79 Å². The van der Waals surface area contributed by atoms with Gasteiger partial charge in [0.1, 0.15) is 0 Å². The summed E-state index contributed by atoms with van der Waals surface area (Å²) in [4.78, 5) is 13.1. The molecule has 0 aromatic heterocycles. The van der Waals surface area contributed by atoms with Crippen LogP contribution in [-0.4, -0.2) is 30.1 Å². The summed E-state index contributed by atoms with van der Waals surface area (Å²) in [7, 11) is 0. The number of hydrogen-bond donors (Lipinski definition) is 1. The molecule has 114 valence electrons. The molecule has 0 aromatic carbocycles. The molecule has 0 amide bonds. The molecule has 0 radical (unpaired) electrons. The molecule has 3 aliphatic rings. The van der Waals surface area contributed by atoms with Gasteiger partial charge in [-0.05, 0) is 51.5 Å². The Bertz CT molecular complexity index is 354. The normalized spacial score (nSPS) is 36.5. The Hall–Kier alpha value is -0.410. The molecule has 2 saturated heterocycles. The molecule has 3 nitrogen and oxygen atoms in total. The molecule has 2 unspecified atom stereocenters. The van der Waals surface area contributed by atoms with Crippen LogP contribution in [-0.2, 0) is 9.53 Å². The Morgan fingerprint density at radius 1 is 1.25 bits per heavy atom. The molecular weight excluding hydrogens is 250 g/mol. The maximum absolute atomic E-state index is 13.1. The third-order valence-corrected chi connectivity index (χ3v) is 5.77. The summed E-state index contributed by atoms with van der Waals surface area (Å²) in [5.41, 5.74) is -0.138. The summed E-state index contributed by atoms with van der Waals surface area (Å²) in [6.07, 6.45) is 11.1. The molecule has 2 aliphatic heterocycles. The lowest BCUT2D eigenvalue weighted by atomic mass is 9.74. The molecule has 3 fully saturated rings. The zero-order valence-corrected chi connectivity index (χ0v) is 12.9. The molecule has 3 heteroatoms. The van der Waals surface area contributed by atoms with Crippen molar-refractivity contribution in [1.82, 2.24) is 5.32 Å². The van der Waals surface area contributed by atoms with Gasteiger partial charge in [-0.3, -0.25) is 4.79 Å². The van der Waals surface area contributed by atoms with Gasteiger partial charge in [-0.15, -0.1) is 0 Å². The fourth-order valence-electron chi connectivity index (χ4n) is 4.79. The van der Waals surface area contributed by atoms with E-state index in [1.165, 1.54) is 25.7 Å². The Kier molecular flexibility index (Phi) is 4.19. The van der Waals surface area contributed by atoms with Crippen molar-refractivity contribution in [3.05, 3.63) is 0 Å². The Morgan fingerprint density at radius 2 is 2.05 bits per heavy atom. The lowest BCUT2D eigenvalue weighted by Gasteiger charge is -2.41. The van der Waals surface area contributed by atoms with Crippen LogP contribution in [0, 0.1) is 5.92 Å². The van der Waals surface area contributed by atoms with E-state index in [1.807, 2.05) is 0 Å². The Balaban J connectivity index is 1.72. The Morgan fingerprint density at radius 3 is 2.70 bits per heavy atom. The number of ketones is 1. The first-order valence-electron chi connectivity index (χ1n) is 8.63. The maximum atomic E-state index is 13.1. The molecule has 0 aromatic rings. The third-order valence-electron chi connectivity index (χ3n) is 5.77. The van der Waals surface area contributed by atoms with Crippen molar-refractivity contribution in [2.75, 3.05) is 13.2 Å². The highest BCUT2D eigenvalue weighted by atomic mass is 16.5. The van der Waals surface area contributed by atoms with Crippen molar-refractivity contribution in [2.45, 2.75) is 82.3 Å². The minimum atomic E-state index is -0.198. The third kappa shape index (κ3) is 2.55. The van der Waals surface area contributed by atoms with Gasteiger partial charge in [0.15, 0.2) is 5.78 Å². The van der Waals surface area contributed by atoms with E-state index in [0.717, 1.165) is 51.7 Å². The average Bonchev–Trinajstić information content (AvgIpc) is 3.10. The second-order valence-corrected chi connectivity index (χ2v) is 7.15. The van der Waals surface area contributed by atoms with E-state index in [0.29, 0.717) is 5.78 Å². The smallest absolute Gasteiger partial charge is 0.156 e. The molecule has 3 rings (SSSR count). The van der Waals surface area contributed by atoms with E-state index >= 15 is 0 Å². The van der Waals surface area contributed by atoms with E-state index in [2.05, 4.69) is 12.2 Å². The lowest BCUT2D eigenvalue weighted by molar-refractivity contribution is -0.142. The van der Waals surface area contributed by atoms with Gasteiger partial charge < -0.3 is 10.1 Å². The van der Waals surface area contributed by atoms with E-state index < -0.39 is 0 Å². The molecule has 1 N–H and O–H groups in total. The predicted molar refractivity (Wildman–Crippen MR) is 79.8 cm³/mol. The largest absolute Gasteiger partial charge is 0.375 e. The highest BCUT2D eigenvalue weighted by Gasteiger charge is 2.48. The quantitative estimate of drug-likeness (QED) is 0.858. The number of hydrogen-bond acceptors (Lipinski definition) is 3. The average molecular weight is 279 g/mol. The van der Waals surface area contributed by atoms with Crippen LogP contribution < -0.4 is 5.32 Å².